The molecule has 39 heavy (non-hydrogen) atoms. The molecule has 0 atom stereocenters. The summed E-state index contributed by atoms with van der Waals surface area (Å²) in [4.78, 5) is 24.7. The molecule has 0 aliphatic heterocycles. The highest BCUT2D eigenvalue weighted by Crippen LogP contribution is 2.36. The molecule has 0 fully saturated rings. The van der Waals surface area contributed by atoms with Gasteiger partial charge in [0.25, 0.3) is 0 Å². The monoisotopic (exact) mass is 544 g/mol. The summed E-state index contributed by atoms with van der Waals surface area (Å²) in [5.41, 5.74) is 0.760. The molecular weight excluding hydrogens is 520 g/mol. The first-order chi connectivity index (χ1) is 18.7. The molecule has 3 aromatic heterocycles. The van der Waals surface area contributed by atoms with Gasteiger partial charge in [0.2, 0.25) is 11.8 Å². The smallest absolute Gasteiger partial charge is 0.421 e. The molecule has 0 unspecified atom stereocenters. The molecule has 0 aliphatic rings. The Morgan fingerprint density at radius 3 is 2.46 bits per heavy atom. The van der Waals surface area contributed by atoms with Crippen molar-refractivity contribution in [2.45, 2.75) is 25.6 Å². The summed E-state index contributed by atoms with van der Waals surface area (Å²) in [6, 6.07) is 5.00. The molecule has 4 aromatic rings. The largest absolute Gasteiger partial charge is 0.481 e. The van der Waals surface area contributed by atoms with Gasteiger partial charge in [-0.1, -0.05) is 12.1 Å². The minimum absolute atomic E-state index is 0.0665. The van der Waals surface area contributed by atoms with Gasteiger partial charge >= 0.3 is 6.18 Å². The summed E-state index contributed by atoms with van der Waals surface area (Å²) in [6.07, 6.45) is 3.16. The molecule has 1 aromatic carbocycles. The van der Waals surface area contributed by atoms with Crippen molar-refractivity contribution in [3.05, 3.63) is 83.6 Å². The number of alkyl halides is 3. The van der Waals surface area contributed by atoms with E-state index in [0.29, 0.717) is 42.6 Å². The Kier molecular flexibility index (Phi) is 8.49. The fourth-order valence-electron chi connectivity index (χ4n) is 3.72. The van der Waals surface area contributed by atoms with Crippen molar-refractivity contribution in [1.29, 1.82) is 0 Å². The van der Waals surface area contributed by atoms with Crippen molar-refractivity contribution >= 4 is 11.6 Å². The second-order valence-electron chi connectivity index (χ2n) is 8.48. The SMILES string of the molecule is COCCn1cc(Cc2ncc(-c3ccc(CC(=O)Nc4cnc(OC)c(C(F)(F)F)c4)c(F)c3)cn2)cn1. The number of benzene rings is 1. The molecular formula is C26H24F4N6O3. The third kappa shape index (κ3) is 7.13. The van der Waals surface area contributed by atoms with Crippen molar-refractivity contribution in [1.82, 2.24) is 24.7 Å². The quantitative estimate of drug-likeness (QED) is 0.297. The zero-order chi connectivity index (χ0) is 28.0. The van der Waals surface area contributed by atoms with Gasteiger partial charge in [-0.2, -0.15) is 18.3 Å². The van der Waals surface area contributed by atoms with Crippen molar-refractivity contribution in [2.75, 3.05) is 26.1 Å². The average molecular weight is 545 g/mol. The number of ether oxygens (including phenoxy) is 2. The zero-order valence-corrected chi connectivity index (χ0v) is 21.0. The summed E-state index contributed by atoms with van der Waals surface area (Å²) < 4.78 is 65.8. The van der Waals surface area contributed by atoms with Crippen LogP contribution >= 0.6 is 0 Å². The van der Waals surface area contributed by atoms with Crippen molar-refractivity contribution in [3.63, 3.8) is 0 Å². The molecule has 3 heterocycles. The number of amides is 1. The fourth-order valence-corrected chi connectivity index (χ4v) is 3.72. The predicted molar refractivity (Wildman–Crippen MR) is 132 cm³/mol. The standard InChI is InChI=1S/C26H24F4N6O3/c1-38-6-5-36-15-16(11-34-36)7-23-31-12-19(13-32-23)17-3-4-18(22(27)8-17)9-24(37)35-20-10-21(26(28,29)30)25(39-2)33-14-20/h3-4,8,10-15H,5-7,9H2,1-2H3,(H,35,37). The Bertz CT molecular complexity index is 1440. The summed E-state index contributed by atoms with van der Waals surface area (Å²) in [5, 5.41) is 6.56. The van der Waals surface area contributed by atoms with E-state index >= 15 is 0 Å². The minimum atomic E-state index is -4.73. The van der Waals surface area contributed by atoms with E-state index in [0.717, 1.165) is 18.9 Å². The fraction of sp³-hybridized carbons (Fsp3) is 0.269. The first-order valence-electron chi connectivity index (χ1n) is 11.7. The van der Waals surface area contributed by atoms with Gasteiger partial charge in [-0.3, -0.25) is 9.48 Å². The van der Waals surface area contributed by atoms with Gasteiger partial charge in [-0.25, -0.2) is 19.3 Å². The van der Waals surface area contributed by atoms with E-state index < -0.39 is 35.8 Å². The lowest BCUT2D eigenvalue weighted by molar-refractivity contribution is -0.139. The van der Waals surface area contributed by atoms with Crippen LogP contribution in [0.3, 0.4) is 0 Å². The van der Waals surface area contributed by atoms with E-state index in [4.69, 9.17) is 4.74 Å². The van der Waals surface area contributed by atoms with E-state index in [1.807, 2.05) is 6.20 Å². The molecule has 0 radical (unpaired) electrons. The Labute approximate surface area is 220 Å². The van der Waals surface area contributed by atoms with Crippen molar-refractivity contribution in [2.24, 2.45) is 0 Å². The number of nitrogens with one attached hydrogen (secondary N) is 1. The zero-order valence-electron chi connectivity index (χ0n) is 21.0. The molecule has 9 nitrogen and oxygen atoms in total. The second kappa shape index (κ2) is 12.0. The number of hydrogen-bond acceptors (Lipinski definition) is 7. The van der Waals surface area contributed by atoms with Gasteiger partial charge in [0.05, 0.1) is 44.8 Å². The van der Waals surface area contributed by atoms with E-state index in [1.165, 1.54) is 12.1 Å². The van der Waals surface area contributed by atoms with E-state index in [1.54, 1.807) is 36.4 Å². The summed E-state index contributed by atoms with van der Waals surface area (Å²) in [5.74, 6) is -1.41. The van der Waals surface area contributed by atoms with Gasteiger partial charge < -0.3 is 14.8 Å². The molecule has 204 valence electrons. The van der Waals surface area contributed by atoms with Crippen LogP contribution in [-0.4, -0.2) is 51.5 Å². The first kappa shape index (κ1) is 27.6. The number of pyridine rings is 1. The molecule has 0 aliphatic carbocycles. The first-order valence-corrected chi connectivity index (χ1v) is 11.7. The van der Waals surface area contributed by atoms with Gasteiger partial charge in [0, 0.05) is 37.7 Å². The molecule has 1 N–H and O–H groups in total. The van der Waals surface area contributed by atoms with Crippen LogP contribution in [0.4, 0.5) is 23.2 Å². The maximum Gasteiger partial charge on any atom is 0.421 e. The van der Waals surface area contributed by atoms with Crippen molar-refractivity contribution < 1.29 is 31.8 Å². The van der Waals surface area contributed by atoms with Crippen LogP contribution in [0, 0.1) is 5.82 Å². The Morgan fingerprint density at radius 2 is 1.79 bits per heavy atom. The summed E-state index contributed by atoms with van der Waals surface area (Å²) >= 11 is 0. The topological polar surface area (TPSA) is 104 Å². The third-order valence-corrected chi connectivity index (χ3v) is 5.65. The van der Waals surface area contributed by atoms with E-state index in [9.17, 15) is 22.4 Å². The summed E-state index contributed by atoms with van der Waals surface area (Å²) in [6.45, 7) is 1.19. The molecule has 0 saturated carbocycles. The van der Waals surface area contributed by atoms with Crippen LogP contribution in [0.1, 0.15) is 22.5 Å². The lowest BCUT2D eigenvalue weighted by Gasteiger charge is -2.13. The van der Waals surface area contributed by atoms with E-state index in [2.05, 4.69) is 30.1 Å². The summed E-state index contributed by atoms with van der Waals surface area (Å²) in [7, 11) is 2.68. The number of hydrogen-bond donors (Lipinski definition) is 1. The van der Waals surface area contributed by atoms with Crippen LogP contribution in [0.25, 0.3) is 11.1 Å². The molecule has 0 spiro atoms. The van der Waals surface area contributed by atoms with Crippen LogP contribution in [0.2, 0.25) is 0 Å². The van der Waals surface area contributed by atoms with Gasteiger partial charge in [-0.05, 0) is 28.8 Å². The van der Waals surface area contributed by atoms with Gasteiger partial charge in [0.1, 0.15) is 17.2 Å². The second-order valence-corrected chi connectivity index (χ2v) is 8.48. The van der Waals surface area contributed by atoms with Crippen LogP contribution in [-0.2, 0) is 35.1 Å². The normalized spacial score (nSPS) is 11.4. The maximum absolute atomic E-state index is 14.8. The number of anilines is 1. The van der Waals surface area contributed by atoms with Crippen LogP contribution in [0.5, 0.6) is 5.88 Å². The number of carbonyl (C=O) groups excluding carboxylic acids is 1. The average Bonchev–Trinajstić information content (AvgIpc) is 3.35. The Balaban J connectivity index is 1.39. The van der Waals surface area contributed by atoms with Crippen LogP contribution in [0.15, 0.2) is 55.2 Å². The predicted octanol–water partition coefficient (Wildman–Crippen LogP) is 4.32. The highest BCUT2D eigenvalue weighted by Gasteiger charge is 2.35. The lowest BCUT2D eigenvalue weighted by Crippen LogP contribution is -2.17. The van der Waals surface area contributed by atoms with E-state index in [-0.39, 0.29) is 11.3 Å². The number of halogens is 4. The maximum atomic E-state index is 14.8. The molecule has 0 saturated heterocycles. The molecule has 4 rings (SSSR count). The number of carbonyl (C=O) groups is 1. The minimum Gasteiger partial charge on any atom is -0.481 e. The highest BCUT2D eigenvalue weighted by atomic mass is 19.4. The lowest BCUT2D eigenvalue weighted by atomic mass is 10.0. The number of aromatic nitrogens is 5. The number of methoxy groups -OCH3 is 2. The highest BCUT2D eigenvalue weighted by molar-refractivity contribution is 5.92. The number of rotatable bonds is 10. The number of nitrogens with zero attached hydrogens (tertiary/aromatic N) is 5. The van der Waals surface area contributed by atoms with Crippen molar-refractivity contribution in [3.8, 4) is 17.0 Å². The van der Waals surface area contributed by atoms with Crippen LogP contribution < -0.4 is 10.1 Å². The Morgan fingerprint density at radius 1 is 1.03 bits per heavy atom. The van der Waals surface area contributed by atoms with Gasteiger partial charge in [0.15, 0.2) is 0 Å². The van der Waals surface area contributed by atoms with Gasteiger partial charge in [-0.15, -0.1) is 0 Å². The Hall–Kier alpha value is -4.39. The molecule has 0 bridgehead atoms. The third-order valence-electron chi connectivity index (χ3n) is 5.65. The molecule has 1 amide bonds. The molecule has 13 heteroatoms.